The molecule has 182 valence electrons. The van der Waals surface area contributed by atoms with Crippen molar-refractivity contribution in [1.82, 2.24) is 19.5 Å². The molecule has 8 rings (SSSR count). The Hall–Kier alpha value is -5.49. The summed E-state index contributed by atoms with van der Waals surface area (Å²) in [7, 11) is 0. The summed E-state index contributed by atoms with van der Waals surface area (Å²) in [6.07, 6.45) is 3.54. The van der Waals surface area contributed by atoms with Gasteiger partial charge in [-0.3, -0.25) is 24.1 Å². The molecular weight excluding hydrogens is 484 g/mol. The zero-order valence-electron chi connectivity index (χ0n) is 20.5. The van der Waals surface area contributed by atoms with Crippen molar-refractivity contribution < 1.29 is 9.59 Å². The standard InChI is InChI=1S/C33H18N4O2/c38-31-21-10-4-5-11-22(21)32(39)26-18-19(14-15-23(26)31)33-36-29-24-12-6-16-34-27(24)28-25(13-7-17-35-28)30(29)37(33)20-8-2-1-3-9-20/h1-18H. The molecule has 0 aliphatic heterocycles. The Balaban J connectivity index is 1.48. The number of aromatic nitrogens is 4. The molecule has 4 aromatic carbocycles. The van der Waals surface area contributed by atoms with Gasteiger partial charge in [0.25, 0.3) is 0 Å². The van der Waals surface area contributed by atoms with E-state index in [4.69, 9.17) is 4.98 Å². The van der Waals surface area contributed by atoms with Crippen LogP contribution < -0.4 is 0 Å². The van der Waals surface area contributed by atoms with Crippen LogP contribution in [0, 0.1) is 0 Å². The first kappa shape index (κ1) is 21.6. The van der Waals surface area contributed by atoms with Crippen LogP contribution in [-0.2, 0) is 0 Å². The topological polar surface area (TPSA) is 77.7 Å². The van der Waals surface area contributed by atoms with Gasteiger partial charge in [-0.15, -0.1) is 0 Å². The quantitative estimate of drug-likeness (QED) is 0.250. The second kappa shape index (κ2) is 8.00. The van der Waals surface area contributed by atoms with E-state index in [0.717, 1.165) is 44.1 Å². The third kappa shape index (κ3) is 3.00. The van der Waals surface area contributed by atoms with Gasteiger partial charge in [-0.2, -0.15) is 0 Å². The average Bonchev–Trinajstić information content (AvgIpc) is 3.41. The van der Waals surface area contributed by atoms with E-state index in [-0.39, 0.29) is 11.6 Å². The van der Waals surface area contributed by atoms with Gasteiger partial charge in [0.1, 0.15) is 5.82 Å². The van der Waals surface area contributed by atoms with Crippen molar-refractivity contribution in [1.29, 1.82) is 0 Å². The van der Waals surface area contributed by atoms with Gasteiger partial charge in [-0.1, -0.05) is 48.5 Å². The molecule has 1 aliphatic rings. The van der Waals surface area contributed by atoms with Gasteiger partial charge in [0.05, 0.1) is 22.1 Å². The maximum absolute atomic E-state index is 13.5. The number of carbonyl (C=O) groups is 2. The average molecular weight is 503 g/mol. The van der Waals surface area contributed by atoms with E-state index in [0.29, 0.717) is 28.1 Å². The van der Waals surface area contributed by atoms with Crippen LogP contribution in [0.3, 0.4) is 0 Å². The highest BCUT2D eigenvalue weighted by Crippen LogP contribution is 2.38. The predicted octanol–water partition coefficient (Wildman–Crippen LogP) is 6.56. The Morgan fingerprint density at radius 2 is 1.15 bits per heavy atom. The number of benzene rings is 4. The number of hydrogen-bond acceptors (Lipinski definition) is 5. The number of nitrogens with zero attached hydrogens (tertiary/aromatic N) is 4. The Morgan fingerprint density at radius 1 is 0.538 bits per heavy atom. The van der Waals surface area contributed by atoms with Crippen LogP contribution in [0.4, 0.5) is 0 Å². The van der Waals surface area contributed by atoms with Gasteiger partial charge in [0.2, 0.25) is 0 Å². The van der Waals surface area contributed by atoms with Crippen LogP contribution in [0.1, 0.15) is 31.8 Å². The molecular formula is C33H18N4O2. The van der Waals surface area contributed by atoms with Crippen molar-refractivity contribution >= 4 is 44.4 Å². The lowest BCUT2D eigenvalue weighted by Gasteiger charge is -2.18. The molecule has 0 bridgehead atoms. The molecule has 0 spiro atoms. The summed E-state index contributed by atoms with van der Waals surface area (Å²) in [5, 5.41) is 1.83. The number of fused-ring (bicyclic) bond motifs is 8. The summed E-state index contributed by atoms with van der Waals surface area (Å²) in [4.78, 5) is 41.3. The summed E-state index contributed by atoms with van der Waals surface area (Å²) in [5.74, 6) is 0.366. The molecule has 0 N–H and O–H groups in total. The van der Waals surface area contributed by atoms with E-state index in [1.165, 1.54) is 0 Å². The first-order valence-corrected chi connectivity index (χ1v) is 12.6. The van der Waals surface area contributed by atoms with E-state index >= 15 is 0 Å². The lowest BCUT2D eigenvalue weighted by atomic mass is 9.83. The molecule has 0 saturated carbocycles. The highest BCUT2D eigenvalue weighted by Gasteiger charge is 2.30. The van der Waals surface area contributed by atoms with Gasteiger partial charge in [-0.25, -0.2) is 4.98 Å². The fraction of sp³-hybridized carbons (Fsp3) is 0. The van der Waals surface area contributed by atoms with E-state index in [9.17, 15) is 9.59 Å². The molecule has 0 fully saturated rings. The molecule has 0 atom stereocenters. The van der Waals surface area contributed by atoms with Crippen LogP contribution in [-0.4, -0.2) is 31.1 Å². The van der Waals surface area contributed by atoms with Crippen LogP contribution >= 0.6 is 0 Å². The van der Waals surface area contributed by atoms with Gasteiger partial charge in [0, 0.05) is 56.7 Å². The fourth-order valence-corrected chi connectivity index (χ4v) is 5.69. The molecule has 0 radical (unpaired) electrons. The van der Waals surface area contributed by atoms with E-state index < -0.39 is 0 Å². The Bertz CT molecular complexity index is 2160. The van der Waals surface area contributed by atoms with Gasteiger partial charge in [-0.05, 0) is 48.5 Å². The van der Waals surface area contributed by atoms with Gasteiger partial charge < -0.3 is 0 Å². The summed E-state index contributed by atoms with van der Waals surface area (Å²) in [6, 6.07) is 30.3. The third-order valence-corrected chi connectivity index (χ3v) is 7.43. The number of para-hydroxylation sites is 1. The van der Waals surface area contributed by atoms with Crippen LogP contribution in [0.2, 0.25) is 0 Å². The van der Waals surface area contributed by atoms with Crippen molar-refractivity contribution in [3.05, 3.63) is 132 Å². The van der Waals surface area contributed by atoms with Crippen LogP contribution in [0.25, 0.3) is 49.9 Å². The number of pyridine rings is 2. The summed E-state index contributed by atoms with van der Waals surface area (Å²) in [5.41, 5.74) is 6.62. The third-order valence-electron chi connectivity index (χ3n) is 7.43. The molecule has 7 aromatic rings. The fourth-order valence-electron chi connectivity index (χ4n) is 5.69. The normalized spacial score (nSPS) is 12.7. The minimum Gasteiger partial charge on any atom is -0.292 e. The van der Waals surface area contributed by atoms with Crippen molar-refractivity contribution in [2.75, 3.05) is 0 Å². The SMILES string of the molecule is O=C1c2ccccc2C(=O)c2cc(-c3nc4c5cccnc5c5ncccc5c4n3-c3ccccc3)ccc21. The molecule has 3 heterocycles. The number of imidazole rings is 1. The van der Waals surface area contributed by atoms with E-state index in [2.05, 4.69) is 14.5 Å². The zero-order valence-corrected chi connectivity index (χ0v) is 20.5. The predicted molar refractivity (Wildman–Crippen MR) is 150 cm³/mol. The number of rotatable bonds is 2. The lowest BCUT2D eigenvalue weighted by Crippen LogP contribution is -2.20. The smallest absolute Gasteiger partial charge is 0.194 e. The molecule has 3 aromatic heterocycles. The molecule has 6 heteroatoms. The molecule has 0 unspecified atom stereocenters. The Labute approximate surface area is 222 Å². The molecule has 6 nitrogen and oxygen atoms in total. The maximum Gasteiger partial charge on any atom is 0.194 e. The van der Waals surface area contributed by atoms with Crippen LogP contribution in [0.5, 0.6) is 0 Å². The monoisotopic (exact) mass is 502 g/mol. The Morgan fingerprint density at radius 3 is 1.90 bits per heavy atom. The maximum atomic E-state index is 13.5. The summed E-state index contributed by atoms with van der Waals surface area (Å²) >= 11 is 0. The van der Waals surface area contributed by atoms with Crippen molar-refractivity contribution in [3.8, 4) is 17.1 Å². The van der Waals surface area contributed by atoms with Crippen molar-refractivity contribution in [3.63, 3.8) is 0 Å². The number of ketones is 2. The number of hydrogen-bond donors (Lipinski definition) is 0. The largest absolute Gasteiger partial charge is 0.292 e. The van der Waals surface area contributed by atoms with Crippen molar-refractivity contribution in [2.45, 2.75) is 0 Å². The Kier molecular flexibility index (Phi) is 4.43. The highest BCUT2D eigenvalue weighted by molar-refractivity contribution is 6.28. The molecule has 1 aliphatic carbocycles. The lowest BCUT2D eigenvalue weighted by molar-refractivity contribution is 0.0979. The van der Waals surface area contributed by atoms with Gasteiger partial charge in [0.15, 0.2) is 11.6 Å². The summed E-state index contributed by atoms with van der Waals surface area (Å²) < 4.78 is 2.11. The molecule has 0 amide bonds. The second-order valence-corrected chi connectivity index (χ2v) is 9.57. The highest BCUT2D eigenvalue weighted by atomic mass is 16.1. The van der Waals surface area contributed by atoms with E-state index in [1.807, 2.05) is 60.7 Å². The first-order valence-electron chi connectivity index (χ1n) is 12.6. The minimum absolute atomic E-state index is 0.141. The van der Waals surface area contributed by atoms with E-state index in [1.54, 1.807) is 48.8 Å². The first-order chi connectivity index (χ1) is 19.2. The zero-order chi connectivity index (χ0) is 26.1. The molecule has 39 heavy (non-hydrogen) atoms. The summed E-state index contributed by atoms with van der Waals surface area (Å²) in [6.45, 7) is 0. The molecule has 0 saturated heterocycles. The second-order valence-electron chi connectivity index (χ2n) is 9.57. The minimum atomic E-state index is -0.159. The van der Waals surface area contributed by atoms with Gasteiger partial charge >= 0.3 is 0 Å². The number of carbonyl (C=O) groups excluding carboxylic acids is 2. The van der Waals surface area contributed by atoms with Crippen molar-refractivity contribution in [2.24, 2.45) is 0 Å². The van der Waals surface area contributed by atoms with Crippen LogP contribution in [0.15, 0.2) is 109 Å².